The number of carbonyl (C=O) groups is 2. The smallest absolute Gasteiger partial charge is 0.306 e. The summed E-state index contributed by atoms with van der Waals surface area (Å²) >= 11 is 0. The van der Waals surface area contributed by atoms with Gasteiger partial charge in [-0.15, -0.1) is 5.10 Å². The van der Waals surface area contributed by atoms with Crippen LogP contribution in [-0.2, 0) is 35.1 Å². The molecule has 0 saturated heterocycles. The van der Waals surface area contributed by atoms with E-state index in [0.717, 1.165) is 110 Å². The summed E-state index contributed by atoms with van der Waals surface area (Å²) in [4.78, 5) is 27.7. The first-order valence-electron chi connectivity index (χ1n) is 25.3. The van der Waals surface area contributed by atoms with Gasteiger partial charge in [0.2, 0.25) is 6.29 Å². The summed E-state index contributed by atoms with van der Waals surface area (Å²) in [5.74, 6) is -0.0741. The molecule has 0 spiro atoms. The molecular weight excluding hydrogens is 753 g/mol. The Bertz CT molecular complexity index is 1110. The summed E-state index contributed by atoms with van der Waals surface area (Å²) in [6.07, 6.45) is 39.4. The number of allylic oxidation sites excluding steroid dienone is 2. The van der Waals surface area contributed by atoms with Crippen LogP contribution >= 0.6 is 0 Å². The summed E-state index contributed by atoms with van der Waals surface area (Å²) in [5, 5.41) is 8.70. The molecule has 10 heteroatoms. The highest BCUT2D eigenvalue weighted by Gasteiger charge is 2.17. The van der Waals surface area contributed by atoms with Gasteiger partial charge in [0.25, 0.3) is 0 Å². The van der Waals surface area contributed by atoms with Crippen molar-refractivity contribution in [3.05, 3.63) is 24.0 Å². The van der Waals surface area contributed by atoms with Crippen LogP contribution in [0.4, 0.5) is 0 Å². The predicted molar refractivity (Wildman–Crippen MR) is 248 cm³/mol. The van der Waals surface area contributed by atoms with Gasteiger partial charge in [-0.2, -0.15) is 0 Å². The van der Waals surface area contributed by atoms with Crippen molar-refractivity contribution in [1.82, 2.24) is 19.9 Å². The van der Waals surface area contributed by atoms with Crippen LogP contribution in [0, 0.1) is 0 Å². The Morgan fingerprint density at radius 2 is 1.10 bits per heavy atom. The van der Waals surface area contributed by atoms with E-state index in [4.69, 9.17) is 18.9 Å². The van der Waals surface area contributed by atoms with E-state index in [1.54, 1.807) is 0 Å². The highest BCUT2D eigenvalue weighted by molar-refractivity contribution is 5.69. The summed E-state index contributed by atoms with van der Waals surface area (Å²) < 4.78 is 24.9. The van der Waals surface area contributed by atoms with Crippen molar-refractivity contribution in [2.24, 2.45) is 0 Å². The summed E-state index contributed by atoms with van der Waals surface area (Å²) in [5.41, 5.74) is 0.700. The number of rotatable bonds is 45. The highest BCUT2D eigenvalue weighted by Crippen LogP contribution is 2.19. The molecule has 10 nitrogen and oxygen atoms in total. The number of unbranched alkanes of at least 4 members (excludes halogenated alkanes) is 20. The van der Waals surface area contributed by atoms with Crippen molar-refractivity contribution in [1.29, 1.82) is 0 Å². The van der Waals surface area contributed by atoms with E-state index in [9.17, 15) is 9.59 Å². The van der Waals surface area contributed by atoms with Crippen LogP contribution in [0.15, 0.2) is 18.3 Å². The van der Waals surface area contributed by atoms with Gasteiger partial charge in [0.1, 0.15) is 11.8 Å². The first kappa shape index (κ1) is 55.7. The van der Waals surface area contributed by atoms with Gasteiger partial charge < -0.3 is 23.8 Å². The Morgan fingerprint density at radius 1 is 0.600 bits per heavy atom. The Balaban J connectivity index is 2.48. The number of nitrogens with zero attached hydrogens (tertiary/aromatic N) is 4. The first-order chi connectivity index (χ1) is 29.5. The van der Waals surface area contributed by atoms with Gasteiger partial charge in [-0.3, -0.25) is 14.3 Å². The summed E-state index contributed by atoms with van der Waals surface area (Å²) in [6.45, 7) is 15.8. The third-order valence-electron chi connectivity index (χ3n) is 11.3. The molecule has 0 unspecified atom stereocenters. The normalized spacial score (nSPS) is 11.9. The van der Waals surface area contributed by atoms with E-state index in [2.05, 4.69) is 48.1 Å². The fourth-order valence-electron chi connectivity index (χ4n) is 7.57. The predicted octanol–water partition coefficient (Wildman–Crippen LogP) is 13.4. The van der Waals surface area contributed by atoms with Gasteiger partial charge >= 0.3 is 11.9 Å². The molecule has 1 heterocycles. The van der Waals surface area contributed by atoms with E-state index in [-0.39, 0.29) is 18.0 Å². The standard InChI is InChI=1S/C50H94N4O6/c1-6-11-14-17-20-21-27-35-44-59-48(55)38-32-28-34-41-53(42-43-54-45-47(51-52-54)50(57-9-4)58-10-5)40-33-26-22-25-31-39-49(56)60-46(36-29-23-18-15-12-7-2)37-30-24-19-16-13-8-3/h20-21,45-46,50H,6-19,22-44H2,1-5H3/b21-20-. The molecule has 0 atom stereocenters. The molecule has 0 aliphatic carbocycles. The summed E-state index contributed by atoms with van der Waals surface area (Å²) in [7, 11) is 0. The second-order valence-corrected chi connectivity index (χ2v) is 16.9. The third-order valence-corrected chi connectivity index (χ3v) is 11.3. The first-order valence-corrected chi connectivity index (χ1v) is 25.3. The molecule has 0 aromatic carbocycles. The van der Waals surface area contributed by atoms with Crippen molar-refractivity contribution in [2.75, 3.05) is 39.5 Å². The van der Waals surface area contributed by atoms with Gasteiger partial charge in [-0.1, -0.05) is 141 Å². The molecule has 0 bridgehead atoms. The Labute approximate surface area is 369 Å². The van der Waals surface area contributed by atoms with Gasteiger partial charge in [-0.05, 0) is 104 Å². The number of ether oxygens (including phenoxy) is 4. The second kappa shape index (κ2) is 42.0. The third kappa shape index (κ3) is 33.3. The molecule has 0 radical (unpaired) electrons. The number of aromatic nitrogens is 3. The van der Waals surface area contributed by atoms with Crippen LogP contribution in [0.3, 0.4) is 0 Å². The van der Waals surface area contributed by atoms with Gasteiger partial charge in [0.05, 0.1) is 19.3 Å². The molecule has 0 N–H and O–H groups in total. The van der Waals surface area contributed by atoms with Crippen LogP contribution in [0.1, 0.15) is 239 Å². The molecule has 0 fully saturated rings. The largest absolute Gasteiger partial charge is 0.466 e. The lowest BCUT2D eigenvalue weighted by Crippen LogP contribution is -2.30. The van der Waals surface area contributed by atoms with Crippen LogP contribution in [-0.4, -0.2) is 77.4 Å². The van der Waals surface area contributed by atoms with Gasteiger partial charge in [0, 0.05) is 32.6 Å². The lowest BCUT2D eigenvalue weighted by molar-refractivity contribution is -0.150. The van der Waals surface area contributed by atoms with E-state index < -0.39 is 6.29 Å². The molecule has 0 saturated carbocycles. The average molecular weight is 847 g/mol. The quantitative estimate of drug-likeness (QED) is 0.0274. The molecule has 0 amide bonds. The lowest BCUT2D eigenvalue weighted by Gasteiger charge is -2.22. The number of esters is 2. The highest BCUT2D eigenvalue weighted by atomic mass is 16.7. The minimum atomic E-state index is -0.493. The molecular formula is C50H94N4O6. The molecule has 0 aliphatic rings. The molecule has 1 aromatic rings. The van der Waals surface area contributed by atoms with Crippen molar-refractivity contribution in [2.45, 2.75) is 246 Å². The van der Waals surface area contributed by atoms with Crippen LogP contribution in [0.2, 0.25) is 0 Å². The number of carbonyl (C=O) groups excluding carboxylic acids is 2. The van der Waals surface area contributed by atoms with Crippen molar-refractivity contribution >= 4 is 11.9 Å². The van der Waals surface area contributed by atoms with Crippen LogP contribution in [0.5, 0.6) is 0 Å². The van der Waals surface area contributed by atoms with Crippen LogP contribution < -0.4 is 0 Å². The maximum Gasteiger partial charge on any atom is 0.306 e. The van der Waals surface area contributed by atoms with Crippen LogP contribution in [0.25, 0.3) is 0 Å². The monoisotopic (exact) mass is 847 g/mol. The van der Waals surface area contributed by atoms with Gasteiger partial charge in [-0.25, -0.2) is 0 Å². The topological polar surface area (TPSA) is 105 Å². The van der Waals surface area contributed by atoms with Crippen molar-refractivity contribution in [3.8, 4) is 0 Å². The zero-order valence-corrected chi connectivity index (χ0v) is 39.8. The SMILES string of the molecule is CCCCC/C=C\CCCOC(=O)CCCCCN(CCCCCCCC(=O)OC(CCCCCCCC)CCCCCCCC)CCn1cc(C(OCC)OCC)nn1. The minimum Gasteiger partial charge on any atom is -0.466 e. The van der Waals surface area contributed by atoms with E-state index in [0.29, 0.717) is 38.4 Å². The maximum absolute atomic E-state index is 12.9. The minimum absolute atomic E-state index is 0.00225. The molecule has 1 rings (SSSR count). The van der Waals surface area contributed by atoms with Gasteiger partial charge in [0.15, 0.2) is 0 Å². The molecule has 350 valence electrons. The number of hydrogen-bond acceptors (Lipinski definition) is 9. The number of hydrogen-bond donors (Lipinski definition) is 0. The average Bonchev–Trinajstić information content (AvgIpc) is 3.72. The van der Waals surface area contributed by atoms with E-state index >= 15 is 0 Å². The zero-order valence-electron chi connectivity index (χ0n) is 39.8. The zero-order chi connectivity index (χ0) is 43.6. The molecule has 0 aliphatic heterocycles. The van der Waals surface area contributed by atoms with E-state index in [1.165, 1.54) is 96.3 Å². The Kier molecular flexibility index (Phi) is 39.0. The Morgan fingerprint density at radius 3 is 1.70 bits per heavy atom. The summed E-state index contributed by atoms with van der Waals surface area (Å²) in [6, 6.07) is 0. The second-order valence-electron chi connectivity index (χ2n) is 16.9. The Hall–Kier alpha value is -2.30. The molecule has 60 heavy (non-hydrogen) atoms. The fraction of sp³-hybridized carbons (Fsp3) is 0.880. The maximum atomic E-state index is 12.9. The van der Waals surface area contributed by atoms with E-state index in [1.807, 2.05) is 24.7 Å². The lowest BCUT2D eigenvalue weighted by atomic mass is 10.0. The molecule has 1 aromatic heterocycles. The van der Waals surface area contributed by atoms with Crippen molar-refractivity contribution in [3.63, 3.8) is 0 Å². The van der Waals surface area contributed by atoms with Crippen molar-refractivity contribution < 1.29 is 28.5 Å². The fourth-order valence-corrected chi connectivity index (χ4v) is 7.57.